The smallest absolute Gasteiger partial charge is 0.260 e. The third-order valence-electron chi connectivity index (χ3n) is 3.69. The molecule has 0 aromatic carbocycles. The molecule has 120 valence electrons. The lowest BCUT2D eigenvalue weighted by Crippen LogP contribution is -2.27. The maximum Gasteiger partial charge on any atom is 0.260 e. The van der Waals surface area contributed by atoms with Crippen molar-refractivity contribution in [3.05, 3.63) is 28.6 Å². The van der Waals surface area contributed by atoms with Gasteiger partial charge in [-0.25, -0.2) is 23.1 Å². The molecule has 8 heteroatoms. The largest absolute Gasteiger partial charge is 0.334 e. The van der Waals surface area contributed by atoms with Crippen LogP contribution in [0.4, 0.5) is 0 Å². The molecule has 1 fully saturated rings. The Morgan fingerprint density at radius 3 is 2.68 bits per heavy atom. The summed E-state index contributed by atoms with van der Waals surface area (Å²) in [6.45, 7) is 5.76. The number of thiazole rings is 1. The van der Waals surface area contributed by atoms with Gasteiger partial charge in [0.05, 0.1) is 23.1 Å². The monoisotopic (exact) mass is 340 g/mol. The fourth-order valence-corrected chi connectivity index (χ4v) is 4.35. The second-order valence-electron chi connectivity index (χ2n) is 5.98. The van der Waals surface area contributed by atoms with Crippen LogP contribution in [0.5, 0.6) is 0 Å². The van der Waals surface area contributed by atoms with Gasteiger partial charge in [0, 0.05) is 23.5 Å². The zero-order chi connectivity index (χ0) is 15.9. The van der Waals surface area contributed by atoms with E-state index in [4.69, 9.17) is 0 Å². The number of nitrogens with zero attached hydrogens (tertiary/aromatic N) is 3. The maximum absolute atomic E-state index is 12.4. The molecule has 1 N–H and O–H groups in total. The molecule has 0 aliphatic heterocycles. The van der Waals surface area contributed by atoms with E-state index in [0.717, 1.165) is 10.7 Å². The van der Waals surface area contributed by atoms with Crippen LogP contribution in [0.1, 0.15) is 62.3 Å². The zero-order valence-electron chi connectivity index (χ0n) is 12.9. The van der Waals surface area contributed by atoms with Crippen molar-refractivity contribution in [1.29, 1.82) is 0 Å². The van der Waals surface area contributed by atoms with Gasteiger partial charge >= 0.3 is 0 Å². The highest BCUT2D eigenvalue weighted by Crippen LogP contribution is 2.41. The van der Waals surface area contributed by atoms with Gasteiger partial charge in [-0.2, -0.15) is 0 Å². The Bertz CT molecular complexity index is 759. The van der Waals surface area contributed by atoms with Gasteiger partial charge in [-0.1, -0.05) is 0 Å². The van der Waals surface area contributed by atoms with Crippen molar-refractivity contribution in [2.45, 2.75) is 56.6 Å². The molecule has 1 atom stereocenters. The third kappa shape index (κ3) is 3.23. The first-order valence-corrected chi connectivity index (χ1v) is 9.74. The van der Waals surface area contributed by atoms with E-state index in [9.17, 15) is 8.42 Å². The van der Waals surface area contributed by atoms with Crippen LogP contribution >= 0.6 is 11.3 Å². The van der Waals surface area contributed by atoms with Gasteiger partial charge in [-0.05, 0) is 33.6 Å². The topological polar surface area (TPSA) is 76.9 Å². The molecule has 0 saturated heterocycles. The Morgan fingerprint density at radius 2 is 2.09 bits per heavy atom. The number of hydrogen-bond donors (Lipinski definition) is 1. The molecule has 2 aromatic rings. The molecule has 1 aliphatic rings. The Hall–Kier alpha value is -1.25. The van der Waals surface area contributed by atoms with Crippen molar-refractivity contribution in [2.75, 3.05) is 0 Å². The number of rotatable bonds is 6. The second-order valence-corrected chi connectivity index (χ2v) is 8.53. The fourth-order valence-electron chi connectivity index (χ4n) is 2.11. The number of hydrogen-bond acceptors (Lipinski definition) is 5. The summed E-state index contributed by atoms with van der Waals surface area (Å²) in [6, 6.07) is -0.188. The molecule has 22 heavy (non-hydrogen) atoms. The molecular weight excluding hydrogens is 320 g/mol. The molecule has 2 heterocycles. The Labute approximate surface area is 134 Å². The van der Waals surface area contributed by atoms with E-state index in [1.54, 1.807) is 22.1 Å². The average Bonchev–Trinajstić information content (AvgIpc) is 2.99. The minimum absolute atomic E-state index is 0.0469. The van der Waals surface area contributed by atoms with Crippen molar-refractivity contribution in [2.24, 2.45) is 0 Å². The van der Waals surface area contributed by atoms with Crippen molar-refractivity contribution >= 4 is 21.4 Å². The standard InChI is InChI=1S/C14H20N4O2S2/c1-9(2)18-6-13(15-8-18)22(19,20)17-10(3)12-7-21-14(16-12)11-4-5-11/h6-11,17H,4-5H2,1-3H3. The first kappa shape index (κ1) is 15.6. The van der Waals surface area contributed by atoms with E-state index in [2.05, 4.69) is 14.7 Å². The quantitative estimate of drug-likeness (QED) is 0.877. The van der Waals surface area contributed by atoms with Gasteiger partial charge in [-0.15, -0.1) is 11.3 Å². The number of aromatic nitrogens is 3. The van der Waals surface area contributed by atoms with E-state index >= 15 is 0 Å². The molecule has 2 aromatic heterocycles. The van der Waals surface area contributed by atoms with E-state index in [1.165, 1.54) is 19.2 Å². The first-order chi connectivity index (χ1) is 10.4. The predicted octanol–water partition coefficient (Wildman–Crippen LogP) is 2.84. The van der Waals surface area contributed by atoms with Crippen LogP contribution in [0, 0.1) is 0 Å². The Morgan fingerprint density at radius 1 is 1.36 bits per heavy atom. The van der Waals surface area contributed by atoms with Crippen molar-refractivity contribution in [1.82, 2.24) is 19.3 Å². The minimum Gasteiger partial charge on any atom is -0.334 e. The normalized spacial score (nSPS) is 17.1. The molecule has 3 rings (SSSR count). The predicted molar refractivity (Wildman–Crippen MR) is 85.4 cm³/mol. The summed E-state index contributed by atoms with van der Waals surface area (Å²) in [7, 11) is -3.63. The van der Waals surface area contributed by atoms with Crippen LogP contribution in [0.15, 0.2) is 22.9 Å². The number of nitrogens with one attached hydrogen (secondary N) is 1. The molecule has 1 saturated carbocycles. The summed E-state index contributed by atoms with van der Waals surface area (Å²) in [5.74, 6) is 0.587. The lowest BCUT2D eigenvalue weighted by Gasteiger charge is -2.10. The van der Waals surface area contributed by atoms with Crippen LogP contribution in [0.25, 0.3) is 0 Å². The SMILES string of the molecule is CC(NS(=O)(=O)c1cn(C(C)C)cn1)c1csc(C2CC2)n1. The van der Waals surface area contributed by atoms with Gasteiger partial charge in [0.25, 0.3) is 10.0 Å². The summed E-state index contributed by atoms with van der Waals surface area (Å²) in [6.07, 6.45) is 5.48. The highest BCUT2D eigenvalue weighted by molar-refractivity contribution is 7.89. The van der Waals surface area contributed by atoms with E-state index in [-0.39, 0.29) is 17.1 Å². The number of sulfonamides is 1. The molecule has 0 radical (unpaired) electrons. The molecule has 1 aliphatic carbocycles. The number of imidazole rings is 1. The van der Waals surface area contributed by atoms with Gasteiger partial charge in [0.1, 0.15) is 0 Å². The van der Waals surface area contributed by atoms with E-state index in [1.807, 2.05) is 26.2 Å². The lowest BCUT2D eigenvalue weighted by molar-refractivity contribution is 0.560. The summed E-state index contributed by atoms with van der Waals surface area (Å²) in [5.41, 5.74) is 0.777. The van der Waals surface area contributed by atoms with Gasteiger partial charge in [0.15, 0.2) is 5.03 Å². The van der Waals surface area contributed by atoms with E-state index in [0.29, 0.717) is 5.92 Å². The van der Waals surface area contributed by atoms with Crippen molar-refractivity contribution in [3.63, 3.8) is 0 Å². The Balaban J connectivity index is 1.74. The lowest BCUT2D eigenvalue weighted by atomic mass is 10.3. The van der Waals surface area contributed by atoms with Crippen LogP contribution in [0.3, 0.4) is 0 Å². The summed E-state index contributed by atoms with van der Waals surface area (Å²) < 4.78 is 29.2. The van der Waals surface area contributed by atoms with Crippen molar-refractivity contribution in [3.8, 4) is 0 Å². The fraction of sp³-hybridized carbons (Fsp3) is 0.571. The summed E-state index contributed by atoms with van der Waals surface area (Å²) in [4.78, 5) is 8.54. The molecule has 0 amide bonds. The average molecular weight is 340 g/mol. The molecule has 6 nitrogen and oxygen atoms in total. The summed E-state index contributed by atoms with van der Waals surface area (Å²) in [5, 5.41) is 3.10. The molecule has 0 bridgehead atoms. The third-order valence-corrected chi connectivity index (χ3v) is 6.14. The van der Waals surface area contributed by atoms with Gasteiger partial charge < -0.3 is 4.57 Å². The van der Waals surface area contributed by atoms with Crippen LogP contribution in [-0.4, -0.2) is 23.0 Å². The minimum atomic E-state index is -3.63. The first-order valence-electron chi connectivity index (χ1n) is 7.38. The van der Waals surface area contributed by atoms with Gasteiger partial charge in [0.2, 0.25) is 0 Å². The van der Waals surface area contributed by atoms with Crippen LogP contribution in [0.2, 0.25) is 0 Å². The molecule has 1 unspecified atom stereocenters. The van der Waals surface area contributed by atoms with Crippen LogP contribution in [-0.2, 0) is 10.0 Å². The van der Waals surface area contributed by atoms with Gasteiger partial charge in [-0.3, -0.25) is 0 Å². The van der Waals surface area contributed by atoms with E-state index < -0.39 is 10.0 Å². The Kier molecular flexibility index (Phi) is 4.09. The van der Waals surface area contributed by atoms with Crippen molar-refractivity contribution < 1.29 is 8.42 Å². The zero-order valence-corrected chi connectivity index (χ0v) is 14.5. The molecular formula is C14H20N4O2S2. The highest BCUT2D eigenvalue weighted by atomic mass is 32.2. The molecule has 0 spiro atoms. The second kappa shape index (κ2) is 5.75. The van der Waals surface area contributed by atoms with Crippen LogP contribution < -0.4 is 4.72 Å². The maximum atomic E-state index is 12.4. The summed E-state index contributed by atoms with van der Waals surface area (Å²) >= 11 is 1.61. The highest BCUT2D eigenvalue weighted by Gasteiger charge is 2.28.